The van der Waals surface area contributed by atoms with Gasteiger partial charge in [0.25, 0.3) is 5.91 Å². The summed E-state index contributed by atoms with van der Waals surface area (Å²) >= 11 is 6.26. The van der Waals surface area contributed by atoms with Gasteiger partial charge in [-0.1, -0.05) is 17.7 Å². The summed E-state index contributed by atoms with van der Waals surface area (Å²) in [7, 11) is 0. The first-order valence-corrected chi connectivity index (χ1v) is 9.93. The van der Waals surface area contributed by atoms with E-state index in [9.17, 15) is 4.79 Å². The summed E-state index contributed by atoms with van der Waals surface area (Å²) in [6.07, 6.45) is 5.08. The lowest BCUT2D eigenvalue weighted by molar-refractivity contribution is 0.0717. The van der Waals surface area contributed by atoms with Crippen molar-refractivity contribution < 1.29 is 9.21 Å². The number of hydrogen-bond acceptors (Lipinski definition) is 4. The molecule has 3 aromatic heterocycles. The van der Waals surface area contributed by atoms with E-state index in [4.69, 9.17) is 16.0 Å². The predicted molar refractivity (Wildman–Crippen MR) is 115 cm³/mol. The average Bonchev–Trinajstić information content (AvgIpc) is 3.37. The van der Waals surface area contributed by atoms with Gasteiger partial charge in [-0.2, -0.15) is 5.10 Å². The third-order valence-electron chi connectivity index (χ3n) is 4.87. The summed E-state index contributed by atoms with van der Waals surface area (Å²) in [6, 6.07) is 14.8. The third-order valence-corrected chi connectivity index (χ3v) is 5.42. The molecule has 0 N–H and O–H groups in total. The highest BCUT2D eigenvalue weighted by atomic mass is 35.5. The van der Waals surface area contributed by atoms with Crippen LogP contribution in [0.1, 0.15) is 33.1 Å². The largest absolute Gasteiger partial charge is 0.467 e. The molecular weight excluding hydrogens is 400 g/mol. The van der Waals surface area contributed by atoms with Gasteiger partial charge in [0.15, 0.2) is 0 Å². The Balaban J connectivity index is 1.59. The number of hydrogen-bond donors (Lipinski definition) is 0. The van der Waals surface area contributed by atoms with E-state index < -0.39 is 0 Å². The molecule has 4 rings (SSSR count). The standard InChI is InChI=1S/C23H21ClN4O2/c1-16-22(24)17(2)28(26-16)20-9-7-19(8-10-20)23(29)27(15-21-6-4-12-30-21)14-18-5-3-11-25-13-18/h3-13H,14-15H2,1-2H3. The Morgan fingerprint density at radius 1 is 1.10 bits per heavy atom. The Bertz CT molecular complexity index is 1140. The first-order valence-electron chi connectivity index (χ1n) is 9.55. The van der Waals surface area contributed by atoms with Gasteiger partial charge in [-0.15, -0.1) is 0 Å². The van der Waals surface area contributed by atoms with Crippen LogP contribution in [0.3, 0.4) is 0 Å². The molecule has 3 heterocycles. The van der Waals surface area contributed by atoms with Crippen LogP contribution in [-0.2, 0) is 13.1 Å². The van der Waals surface area contributed by atoms with E-state index in [2.05, 4.69) is 10.1 Å². The van der Waals surface area contributed by atoms with Crippen molar-refractivity contribution in [1.29, 1.82) is 0 Å². The van der Waals surface area contributed by atoms with Crippen molar-refractivity contribution in [3.63, 3.8) is 0 Å². The molecule has 4 aromatic rings. The molecule has 0 aliphatic carbocycles. The number of carbonyl (C=O) groups excluding carboxylic acids is 1. The highest BCUT2D eigenvalue weighted by Crippen LogP contribution is 2.23. The van der Waals surface area contributed by atoms with Crippen molar-refractivity contribution in [2.45, 2.75) is 26.9 Å². The smallest absolute Gasteiger partial charge is 0.254 e. The Morgan fingerprint density at radius 3 is 2.50 bits per heavy atom. The Hall–Kier alpha value is -3.38. The zero-order valence-electron chi connectivity index (χ0n) is 16.7. The summed E-state index contributed by atoms with van der Waals surface area (Å²) in [5.74, 6) is 0.634. The second-order valence-electron chi connectivity index (χ2n) is 7.05. The summed E-state index contributed by atoms with van der Waals surface area (Å²) in [5, 5.41) is 5.11. The number of rotatable bonds is 6. The number of aryl methyl sites for hydroxylation is 1. The van der Waals surface area contributed by atoms with Gasteiger partial charge in [0.2, 0.25) is 0 Å². The lowest BCUT2D eigenvalue weighted by atomic mass is 10.1. The summed E-state index contributed by atoms with van der Waals surface area (Å²) in [6.45, 7) is 4.59. The van der Waals surface area contributed by atoms with E-state index in [0.717, 1.165) is 28.4 Å². The fourth-order valence-electron chi connectivity index (χ4n) is 3.31. The average molecular weight is 421 g/mol. The van der Waals surface area contributed by atoms with Gasteiger partial charge in [0.05, 0.1) is 34.9 Å². The molecule has 7 heteroatoms. The molecule has 0 unspecified atom stereocenters. The molecule has 1 aromatic carbocycles. The first kappa shape index (κ1) is 19.9. The van der Waals surface area contributed by atoms with Crippen LogP contribution in [0, 0.1) is 13.8 Å². The van der Waals surface area contributed by atoms with E-state index >= 15 is 0 Å². The van der Waals surface area contributed by atoms with Crippen molar-refractivity contribution in [1.82, 2.24) is 19.7 Å². The minimum atomic E-state index is -0.0896. The quantitative estimate of drug-likeness (QED) is 0.441. The molecule has 0 aliphatic rings. The van der Waals surface area contributed by atoms with Crippen LogP contribution in [0.15, 0.2) is 71.6 Å². The highest BCUT2D eigenvalue weighted by molar-refractivity contribution is 6.31. The SMILES string of the molecule is Cc1nn(-c2ccc(C(=O)N(Cc3cccnc3)Cc3ccco3)cc2)c(C)c1Cl. The van der Waals surface area contributed by atoms with Gasteiger partial charge in [0, 0.05) is 24.5 Å². The minimum Gasteiger partial charge on any atom is -0.467 e. The van der Waals surface area contributed by atoms with E-state index in [-0.39, 0.29) is 5.91 Å². The molecular formula is C23H21ClN4O2. The summed E-state index contributed by atoms with van der Waals surface area (Å²) in [4.78, 5) is 19.2. The maximum atomic E-state index is 13.3. The fourth-order valence-corrected chi connectivity index (χ4v) is 3.42. The molecule has 0 bridgehead atoms. The van der Waals surface area contributed by atoms with E-state index in [1.165, 1.54) is 0 Å². The summed E-state index contributed by atoms with van der Waals surface area (Å²) < 4.78 is 7.24. The fraction of sp³-hybridized carbons (Fsp3) is 0.174. The molecule has 0 saturated heterocycles. The predicted octanol–water partition coefficient (Wildman–Crippen LogP) is 4.97. The summed E-state index contributed by atoms with van der Waals surface area (Å²) in [5.41, 5.74) is 4.02. The number of benzene rings is 1. The number of halogens is 1. The van der Waals surface area contributed by atoms with Crippen LogP contribution in [-0.4, -0.2) is 25.6 Å². The zero-order chi connectivity index (χ0) is 21.1. The molecule has 0 saturated carbocycles. The van der Waals surface area contributed by atoms with E-state index in [1.807, 2.05) is 50.2 Å². The number of furan rings is 1. The van der Waals surface area contributed by atoms with Crippen molar-refractivity contribution in [3.05, 3.63) is 100 Å². The number of amides is 1. The van der Waals surface area contributed by atoms with Crippen molar-refractivity contribution in [2.24, 2.45) is 0 Å². The minimum absolute atomic E-state index is 0.0896. The van der Waals surface area contributed by atoms with Crippen LogP contribution in [0.25, 0.3) is 5.69 Å². The van der Waals surface area contributed by atoms with Gasteiger partial charge < -0.3 is 9.32 Å². The molecule has 152 valence electrons. The van der Waals surface area contributed by atoms with Crippen molar-refractivity contribution in [2.75, 3.05) is 0 Å². The molecule has 0 spiro atoms. The number of aromatic nitrogens is 3. The maximum absolute atomic E-state index is 13.3. The molecule has 0 fully saturated rings. The lowest BCUT2D eigenvalue weighted by Crippen LogP contribution is -2.30. The Labute approximate surface area is 179 Å². The normalized spacial score (nSPS) is 10.9. The van der Waals surface area contributed by atoms with Crippen LogP contribution in [0.2, 0.25) is 5.02 Å². The van der Waals surface area contributed by atoms with E-state index in [1.54, 1.807) is 40.4 Å². The topological polar surface area (TPSA) is 64.2 Å². The lowest BCUT2D eigenvalue weighted by Gasteiger charge is -2.22. The monoisotopic (exact) mass is 420 g/mol. The Morgan fingerprint density at radius 2 is 1.90 bits per heavy atom. The molecule has 0 atom stereocenters. The van der Waals surface area contributed by atoms with Crippen LogP contribution in [0.5, 0.6) is 0 Å². The third kappa shape index (κ3) is 4.14. The van der Waals surface area contributed by atoms with Gasteiger partial charge >= 0.3 is 0 Å². The van der Waals surface area contributed by atoms with Crippen LogP contribution in [0.4, 0.5) is 0 Å². The second kappa shape index (κ2) is 8.55. The zero-order valence-corrected chi connectivity index (χ0v) is 17.5. The first-order chi connectivity index (χ1) is 14.5. The number of pyridine rings is 1. The van der Waals surface area contributed by atoms with Gasteiger partial charge in [-0.3, -0.25) is 9.78 Å². The number of nitrogens with zero attached hydrogens (tertiary/aromatic N) is 4. The van der Waals surface area contributed by atoms with Gasteiger partial charge in [-0.25, -0.2) is 4.68 Å². The molecule has 30 heavy (non-hydrogen) atoms. The van der Waals surface area contributed by atoms with Crippen molar-refractivity contribution in [3.8, 4) is 5.69 Å². The van der Waals surface area contributed by atoms with Gasteiger partial charge in [0.1, 0.15) is 5.76 Å². The van der Waals surface area contributed by atoms with Crippen LogP contribution < -0.4 is 0 Å². The maximum Gasteiger partial charge on any atom is 0.254 e. The Kier molecular flexibility index (Phi) is 5.68. The van der Waals surface area contributed by atoms with Gasteiger partial charge in [-0.05, 0) is 61.9 Å². The molecule has 0 aliphatic heterocycles. The molecule has 0 radical (unpaired) electrons. The molecule has 6 nitrogen and oxygen atoms in total. The van der Waals surface area contributed by atoms with Crippen molar-refractivity contribution >= 4 is 17.5 Å². The highest BCUT2D eigenvalue weighted by Gasteiger charge is 2.19. The molecule has 1 amide bonds. The second-order valence-corrected chi connectivity index (χ2v) is 7.42. The van der Waals surface area contributed by atoms with Crippen LogP contribution >= 0.6 is 11.6 Å². The van der Waals surface area contributed by atoms with E-state index in [0.29, 0.717) is 23.7 Å². The number of carbonyl (C=O) groups is 1.